The minimum absolute atomic E-state index is 0.162. The molecule has 1 aliphatic rings. The van der Waals surface area contributed by atoms with Gasteiger partial charge in [-0.1, -0.05) is 56.8 Å². The van der Waals surface area contributed by atoms with Crippen molar-refractivity contribution in [1.29, 1.82) is 0 Å². The first-order valence-corrected chi connectivity index (χ1v) is 12.9. The first kappa shape index (κ1) is 23.5. The van der Waals surface area contributed by atoms with Crippen molar-refractivity contribution in [1.82, 2.24) is 14.8 Å². The van der Waals surface area contributed by atoms with E-state index in [0.717, 1.165) is 41.1 Å². The van der Waals surface area contributed by atoms with E-state index in [-0.39, 0.29) is 11.7 Å². The Morgan fingerprint density at radius 1 is 1.27 bits per heavy atom. The van der Waals surface area contributed by atoms with Gasteiger partial charge in [-0.2, -0.15) is 0 Å². The molecule has 1 atom stereocenters. The van der Waals surface area contributed by atoms with E-state index in [9.17, 15) is 9.59 Å². The van der Waals surface area contributed by atoms with Crippen LogP contribution in [0.3, 0.4) is 0 Å². The summed E-state index contributed by atoms with van der Waals surface area (Å²) in [6, 6.07) is 8.30. The number of carbonyl (C=O) groups excluding carboxylic acids is 2. The molecule has 4 rings (SSSR count). The molecule has 0 saturated carbocycles. The highest BCUT2D eigenvalue weighted by Crippen LogP contribution is 2.39. The maximum atomic E-state index is 12.7. The molecule has 1 unspecified atom stereocenters. The molecule has 3 N–H and O–H groups in total. The summed E-state index contributed by atoms with van der Waals surface area (Å²) in [6.07, 6.45) is 2.78. The molecule has 9 heteroatoms. The van der Waals surface area contributed by atoms with Crippen molar-refractivity contribution in [3.63, 3.8) is 0 Å². The van der Waals surface area contributed by atoms with Gasteiger partial charge in [0.25, 0.3) is 5.91 Å². The lowest BCUT2D eigenvalue weighted by Gasteiger charge is -2.18. The zero-order valence-corrected chi connectivity index (χ0v) is 21.0. The Balaban J connectivity index is 1.43. The van der Waals surface area contributed by atoms with Crippen molar-refractivity contribution >= 4 is 39.9 Å². The Bertz CT molecular complexity index is 1180. The Morgan fingerprint density at radius 2 is 2.00 bits per heavy atom. The van der Waals surface area contributed by atoms with Crippen LogP contribution in [0.15, 0.2) is 29.4 Å². The third kappa shape index (κ3) is 4.99. The van der Waals surface area contributed by atoms with E-state index < -0.39 is 5.91 Å². The van der Waals surface area contributed by atoms with E-state index in [4.69, 9.17) is 5.73 Å². The molecular formula is C24H29N5O2S2. The van der Waals surface area contributed by atoms with Crippen molar-refractivity contribution in [3.05, 3.63) is 45.8 Å². The van der Waals surface area contributed by atoms with Crippen molar-refractivity contribution in [3.8, 4) is 11.4 Å². The highest BCUT2D eigenvalue weighted by molar-refractivity contribution is 7.99. The number of nitrogens with zero attached hydrogens (tertiary/aromatic N) is 3. The topological polar surface area (TPSA) is 103 Å². The number of benzene rings is 1. The molecule has 0 bridgehead atoms. The standard InChI is InChI=1S/C24H29N5O2S2/c1-13(2)15-6-8-16(9-7-15)22-27-28-24(29(22)4)32-12-19(30)26-23-20(21(25)31)17-10-5-14(3)11-18(17)33-23/h6-9,13-14H,5,10-12H2,1-4H3,(H2,25,31)(H,26,30). The van der Waals surface area contributed by atoms with E-state index in [1.54, 1.807) is 0 Å². The van der Waals surface area contributed by atoms with Gasteiger partial charge in [-0.25, -0.2) is 0 Å². The van der Waals surface area contributed by atoms with Crippen LogP contribution in [-0.2, 0) is 24.7 Å². The number of anilines is 1. The molecule has 0 radical (unpaired) electrons. The van der Waals surface area contributed by atoms with E-state index in [1.165, 1.54) is 28.7 Å². The molecule has 0 fully saturated rings. The number of aromatic nitrogens is 3. The van der Waals surface area contributed by atoms with Crippen LogP contribution in [0.25, 0.3) is 11.4 Å². The maximum Gasteiger partial charge on any atom is 0.251 e. The second kappa shape index (κ2) is 9.69. The first-order chi connectivity index (χ1) is 15.7. The summed E-state index contributed by atoms with van der Waals surface area (Å²) in [5, 5.41) is 12.7. The van der Waals surface area contributed by atoms with Crippen LogP contribution in [0.2, 0.25) is 0 Å². The molecular weight excluding hydrogens is 454 g/mol. The predicted octanol–water partition coefficient (Wildman–Crippen LogP) is 4.62. The summed E-state index contributed by atoms with van der Waals surface area (Å²) in [5.74, 6) is 1.28. The monoisotopic (exact) mass is 483 g/mol. The van der Waals surface area contributed by atoms with Crippen LogP contribution in [0.4, 0.5) is 5.00 Å². The molecule has 0 aliphatic heterocycles. The van der Waals surface area contributed by atoms with Crippen molar-refractivity contribution in [2.45, 2.75) is 51.1 Å². The Morgan fingerprint density at radius 3 is 2.67 bits per heavy atom. The minimum atomic E-state index is -0.480. The zero-order chi connectivity index (χ0) is 23.7. The van der Waals surface area contributed by atoms with Gasteiger partial charge in [0.15, 0.2) is 11.0 Å². The van der Waals surface area contributed by atoms with Gasteiger partial charge in [0.1, 0.15) is 5.00 Å². The number of amides is 2. The number of carbonyl (C=O) groups is 2. The number of nitrogens with one attached hydrogen (secondary N) is 1. The summed E-state index contributed by atoms with van der Waals surface area (Å²) in [6.45, 7) is 6.53. The molecule has 1 aromatic carbocycles. The van der Waals surface area contributed by atoms with Gasteiger partial charge in [0.05, 0.1) is 11.3 Å². The molecule has 0 spiro atoms. The molecule has 7 nitrogen and oxygen atoms in total. The second-order valence-corrected chi connectivity index (χ2v) is 10.9. The van der Waals surface area contributed by atoms with Crippen molar-refractivity contribution < 1.29 is 9.59 Å². The lowest BCUT2D eigenvalue weighted by atomic mass is 9.88. The number of nitrogens with two attached hydrogens (primary N) is 1. The van der Waals surface area contributed by atoms with E-state index in [0.29, 0.717) is 27.6 Å². The molecule has 0 saturated heterocycles. The lowest BCUT2D eigenvalue weighted by molar-refractivity contribution is -0.113. The van der Waals surface area contributed by atoms with Gasteiger partial charge < -0.3 is 15.6 Å². The van der Waals surface area contributed by atoms with Gasteiger partial charge in [0, 0.05) is 17.5 Å². The van der Waals surface area contributed by atoms with Gasteiger partial charge in [-0.15, -0.1) is 21.5 Å². The normalized spacial score (nSPS) is 15.5. The molecule has 174 valence electrons. The molecule has 3 aromatic rings. The molecule has 2 amide bonds. The number of thioether (sulfide) groups is 1. The van der Waals surface area contributed by atoms with Crippen LogP contribution in [0.1, 0.15) is 59.5 Å². The first-order valence-electron chi connectivity index (χ1n) is 11.1. The van der Waals surface area contributed by atoms with Crippen LogP contribution < -0.4 is 11.1 Å². The second-order valence-electron chi connectivity index (χ2n) is 8.90. The van der Waals surface area contributed by atoms with Gasteiger partial charge >= 0.3 is 0 Å². The van der Waals surface area contributed by atoms with Crippen LogP contribution in [0.5, 0.6) is 0 Å². The summed E-state index contributed by atoms with van der Waals surface area (Å²) in [4.78, 5) is 25.9. The van der Waals surface area contributed by atoms with Gasteiger partial charge in [0.2, 0.25) is 5.91 Å². The number of primary amides is 1. The SMILES string of the molecule is CC1CCc2c(sc(NC(=O)CSc3nnc(-c4ccc(C(C)C)cc4)n3C)c2C(N)=O)C1. The molecule has 2 aromatic heterocycles. The van der Waals surface area contributed by atoms with Gasteiger partial charge in [-0.3, -0.25) is 9.59 Å². The third-order valence-electron chi connectivity index (χ3n) is 6.01. The Labute approximate surface area is 202 Å². The fraction of sp³-hybridized carbons (Fsp3) is 0.417. The summed E-state index contributed by atoms with van der Waals surface area (Å²) in [5.41, 5.74) is 9.39. The van der Waals surface area contributed by atoms with Crippen LogP contribution in [-0.4, -0.2) is 32.3 Å². The number of hydrogen-bond acceptors (Lipinski definition) is 6. The largest absolute Gasteiger partial charge is 0.365 e. The summed E-state index contributed by atoms with van der Waals surface area (Å²) < 4.78 is 1.89. The van der Waals surface area contributed by atoms with E-state index >= 15 is 0 Å². The van der Waals surface area contributed by atoms with Crippen LogP contribution in [0, 0.1) is 5.92 Å². The molecule has 1 aliphatic carbocycles. The van der Waals surface area contributed by atoms with E-state index in [1.807, 2.05) is 23.7 Å². The average Bonchev–Trinajstić information content (AvgIpc) is 3.31. The highest BCUT2D eigenvalue weighted by atomic mass is 32.2. The molecule has 33 heavy (non-hydrogen) atoms. The smallest absolute Gasteiger partial charge is 0.251 e. The van der Waals surface area contributed by atoms with Crippen molar-refractivity contribution in [2.24, 2.45) is 18.7 Å². The number of thiophene rings is 1. The fourth-order valence-corrected chi connectivity index (χ4v) is 6.24. The zero-order valence-electron chi connectivity index (χ0n) is 19.3. The number of rotatable bonds is 7. The van der Waals surface area contributed by atoms with Crippen LogP contribution >= 0.6 is 23.1 Å². The minimum Gasteiger partial charge on any atom is -0.365 e. The highest BCUT2D eigenvalue weighted by Gasteiger charge is 2.27. The summed E-state index contributed by atoms with van der Waals surface area (Å²) in [7, 11) is 1.89. The summed E-state index contributed by atoms with van der Waals surface area (Å²) >= 11 is 2.79. The lowest BCUT2D eigenvalue weighted by Crippen LogP contribution is -2.20. The number of hydrogen-bond donors (Lipinski definition) is 2. The number of fused-ring (bicyclic) bond motifs is 1. The average molecular weight is 484 g/mol. The maximum absolute atomic E-state index is 12.7. The Hall–Kier alpha value is -2.65. The van der Waals surface area contributed by atoms with E-state index in [2.05, 4.69) is 48.4 Å². The van der Waals surface area contributed by atoms with Crippen molar-refractivity contribution in [2.75, 3.05) is 11.1 Å². The third-order valence-corrected chi connectivity index (χ3v) is 8.20. The van der Waals surface area contributed by atoms with Gasteiger partial charge in [-0.05, 0) is 42.2 Å². The molecule has 2 heterocycles. The fourth-order valence-electron chi connectivity index (χ4n) is 4.10. The predicted molar refractivity (Wildman–Crippen MR) is 134 cm³/mol. The Kier molecular flexibility index (Phi) is 6.90. The quantitative estimate of drug-likeness (QED) is 0.477.